The highest BCUT2D eigenvalue weighted by Crippen LogP contribution is 2.34. The standard InChI is InChI=1S/C20H23Cl2N7O4/c1-13(18-25-12-26-29(18)19-23-4-3-5-24-19)27-20(30)28-16-11-17(15(22)10-14(16)21)33-9-8-32-7-6-31-2/h3-5,10-13H,6-9H2,1-2H3,(H2,27,28,30)/t13-/m0/s1. The lowest BCUT2D eigenvalue weighted by molar-refractivity contribution is 0.0544. The lowest BCUT2D eigenvalue weighted by Gasteiger charge is -2.16. The van der Waals surface area contributed by atoms with Crippen molar-refractivity contribution in [1.29, 1.82) is 0 Å². The van der Waals surface area contributed by atoms with E-state index in [1.807, 2.05) is 0 Å². The number of aromatic nitrogens is 5. The molecule has 0 saturated carbocycles. The third-order valence-electron chi connectivity index (χ3n) is 4.24. The van der Waals surface area contributed by atoms with Gasteiger partial charge in [0.05, 0.1) is 41.6 Å². The summed E-state index contributed by atoms with van der Waals surface area (Å²) in [6, 6.07) is 3.71. The number of urea groups is 1. The minimum Gasteiger partial charge on any atom is -0.490 e. The Labute approximate surface area is 200 Å². The fourth-order valence-corrected chi connectivity index (χ4v) is 3.20. The molecule has 0 spiro atoms. The van der Waals surface area contributed by atoms with Gasteiger partial charge in [0.25, 0.3) is 5.95 Å². The molecule has 2 N–H and O–H groups in total. The van der Waals surface area contributed by atoms with E-state index in [2.05, 4.69) is 30.7 Å². The molecule has 176 valence electrons. The maximum atomic E-state index is 12.6. The van der Waals surface area contributed by atoms with E-state index >= 15 is 0 Å². The third kappa shape index (κ3) is 6.99. The van der Waals surface area contributed by atoms with E-state index in [1.165, 1.54) is 17.1 Å². The molecule has 3 rings (SSSR count). The topological polar surface area (TPSA) is 125 Å². The lowest BCUT2D eigenvalue weighted by Crippen LogP contribution is -2.32. The Hall–Kier alpha value is -2.99. The van der Waals surface area contributed by atoms with Crippen molar-refractivity contribution in [1.82, 2.24) is 30.0 Å². The van der Waals surface area contributed by atoms with Crippen LogP contribution in [0.3, 0.4) is 0 Å². The molecule has 3 aromatic rings. The van der Waals surface area contributed by atoms with Gasteiger partial charge in [-0.3, -0.25) is 0 Å². The molecular formula is C20H23Cl2N7O4. The second-order valence-electron chi connectivity index (χ2n) is 6.62. The molecule has 0 aliphatic rings. The number of hydrogen-bond donors (Lipinski definition) is 2. The maximum absolute atomic E-state index is 12.6. The fraction of sp³-hybridized carbons (Fsp3) is 0.350. The molecule has 2 amide bonds. The fourth-order valence-electron chi connectivity index (χ4n) is 2.71. The largest absolute Gasteiger partial charge is 0.490 e. The van der Waals surface area contributed by atoms with E-state index in [1.54, 1.807) is 38.6 Å². The minimum atomic E-state index is -0.512. The molecule has 13 heteroatoms. The molecule has 1 atom stereocenters. The first kappa shape index (κ1) is 24.6. The van der Waals surface area contributed by atoms with Gasteiger partial charge in [0.15, 0.2) is 5.82 Å². The molecule has 11 nitrogen and oxygen atoms in total. The number of methoxy groups -OCH3 is 1. The molecule has 0 saturated heterocycles. The van der Waals surface area contributed by atoms with E-state index in [-0.39, 0.29) is 11.6 Å². The molecule has 0 aliphatic carbocycles. The molecule has 2 aromatic heterocycles. The van der Waals surface area contributed by atoms with Gasteiger partial charge in [-0.2, -0.15) is 9.78 Å². The van der Waals surface area contributed by atoms with Gasteiger partial charge in [-0.15, -0.1) is 0 Å². The van der Waals surface area contributed by atoms with Crippen molar-refractivity contribution in [3.05, 3.63) is 52.8 Å². The zero-order valence-electron chi connectivity index (χ0n) is 18.0. The van der Waals surface area contributed by atoms with Gasteiger partial charge in [0.1, 0.15) is 18.7 Å². The van der Waals surface area contributed by atoms with Gasteiger partial charge in [0, 0.05) is 25.6 Å². The Morgan fingerprint density at radius 3 is 2.61 bits per heavy atom. The van der Waals surface area contributed by atoms with E-state index < -0.39 is 12.1 Å². The summed E-state index contributed by atoms with van der Waals surface area (Å²) in [5.74, 6) is 1.16. The second-order valence-corrected chi connectivity index (χ2v) is 7.43. The third-order valence-corrected chi connectivity index (χ3v) is 4.85. The van der Waals surface area contributed by atoms with E-state index in [9.17, 15) is 4.79 Å². The number of nitrogens with zero attached hydrogens (tertiary/aromatic N) is 5. The smallest absolute Gasteiger partial charge is 0.319 e. The van der Waals surface area contributed by atoms with Gasteiger partial charge < -0.3 is 24.8 Å². The number of carbonyl (C=O) groups excluding carboxylic acids is 1. The molecule has 0 radical (unpaired) electrons. The Kier molecular flexibility index (Phi) is 9.19. The molecular weight excluding hydrogens is 473 g/mol. The number of halogens is 2. The number of hydrogen-bond acceptors (Lipinski definition) is 8. The predicted molar refractivity (Wildman–Crippen MR) is 122 cm³/mol. The Morgan fingerprint density at radius 1 is 1.09 bits per heavy atom. The highest BCUT2D eigenvalue weighted by atomic mass is 35.5. The zero-order chi connectivity index (χ0) is 23.6. The van der Waals surface area contributed by atoms with Crippen molar-refractivity contribution < 1.29 is 19.0 Å². The van der Waals surface area contributed by atoms with Crippen LogP contribution in [0.25, 0.3) is 5.95 Å². The molecule has 1 aromatic carbocycles. The maximum Gasteiger partial charge on any atom is 0.319 e. The van der Waals surface area contributed by atoms with Crippen LogP contribution in [0.4, 0.5) is 10.5 Å². The second kappa shape index (κ2) is 12.3. The molecule has 0 bridgehead atoms. The van der Waals surface area contributed by atoms with Gasteiger partial charge >= 0.3 is 6.03 Å². The number of amides is 2. The van der Waals surface area contributed by atoms with Crippen LogP contribution in [0, 0.1) is 0 Å². The normalized spacial score (nSPS) is 11.8. The molecule has 0 fully saturated rings. The highest BCUT2D eigenvalue weighted by Gasteiger charge is 2.19. The SMILES string of the molecule is COCCOCCOc1cc(NC(=O)N[C@@H](C)c2ncnn2-c2ncccn2)c(Cl)cc1Cl. The summed E-state index contributed by atoms with van der Waals surface area (Å²) in [5, 5.41) is 10.2. The predicted octanol–water partition coefficient (Wildman–Crippen LogP) is 3.29. The van der Waals surface area contributed by atoms with E-state index in [0.717, 1.165) is 0 Å². The number of carbonyl (C=O) groups is 1. The first-order valence-corrected chi connectivity index (χ1v) is 10.7. The lowest BCUT2D eigenvalue weighted by atomic mass is 10.3. The van der Waals surface area contributed by atoms with Crippen molar-refractivity contribution in [3.8, 4) is 11.7 Å². The van der Waals surface area contributed by atoms with Crippen LogP contribution in [-0.4, -0.2) is 64.3 Å². The van der Waals surface area contributed by atoms with Crippen LogP contribution in [0.15, 0.2) is 36.9 Å². The minimum absolute atomic E-state index is 0.257. The summed E-state index contributed by atoms with van der Waals surface area (Å²) < 4.78 is 17.3. The zero-order valence-corrected chi connectivity index (χ0v) is 19.5. The first-order chi connectivity index (χ1) is 16.0. The van der Waals surface area contributed by atoms with Crippen LogP contribution in [0.1, 0.15) is 18.8 Å². The van der Waals surface area contributed by atoms with Crippen molar-refractivity contribution in [2.45, 2.75) is 13.0 Å². The number of rotatable bonds is 11. The molecule has 2 heterocycles. The summed E-state index contributed by atoms with van der Waals surface area (Å²) in [7, 11) is 1.60. The van der Waals surface area contributed by atoms with Crippen LogP contribution in [0.5, 0.6) is 5.75 Å². The summed E-state index contributed by atoms with van der Waals surface area (Å²) in [6.07, 6.45) is 4.54. The van der Waals surface area contributed by atoms with Crippen LogP contribution >= 0.6 is 23.2 Å². The van der Waals surface area contributed by atoms with Crippen LogP contribution in [0.2, 0.25) is 10.0 Å². The average molecular weight is 496 g/mol. The quantitative estimate of drug-likeness (QED) is 0.388. The van der Waals surface area contributed by atoms with Crippen LogP contribution < -0.4 is 15.4 Å². The number of ether oxygens (including phenoxy) is 3. The van der Waals surface area contributed by atoms with E-state index in [0.29, 0.717) is 48.1 Å². The van der Waals surface area contributed by atoms with Crippen molar-refractivity contribution in [3.63, 3.8) is 0 Å². The number of nitrogens with one attached hydrogen (secondary N) is 2. The van der Waals surface area contributed by atoms with Gasteiger partial charge in [0.2, 0.25) is 0 Å². The van der Waals surface area contributed by atoms with Crippen LogP contribution in [-0.2, 0) is 9.47 Å². The molecule has 0 unspecified atom stereocenters. The number of anilines is 1. The van der Waals surface area contributed by atoms with Crippen molar-refractivity contribution in [2.24, 2.45) is 0 Å². The first-order valence-electron chi connectivity index (χ1n) is 9.93. The molecule has 0 aliphatic heterocycles. The van der Waals surface area contributed by atoms with Gasteiger partial charge in [-0.1, -0.05) is 23.2 Å². The summed E-state index contributed by atoms with van der Waals surface area (Å²) in [4.78, 5) is 25.1. The van der Waals surface area contributed by atoms with E-state index in [4.69, 9.17) is 37.4 Å². The number of benzene rings is 1. The Balaban J connectivity index is 1.60. The van der Waals surface area contributed by atoms with Crippen molar-refractivity contribution in [2.75, 3.05) is 38.9 Å². The van der Waals surface area contributed by atoms with Crippen molar-refractivity contribution >= 4 is 34.9 Å². The highest BCUT2D eigenvalue weighted by molar-refractivity contribution is 6.37. The summed E-state index contributed by atoms with van der Waals surface area (Å²) in [6.45, 7) is 3.34. The monoisotopic (exact) mass is 495 g/mol. The van der Waals surface area contributed by atoms with Gasteiger partial charge in [-0.25, -0.2) is 19.7 Å². The average Bonchev–Trinajstić information content (AvgIpc) is 3.29. The summed E-state index contributed by atoms with van der Waals surface area (Å²) in [5.41, 5.74) is 0.328. The Bertz CT molecular complexity index is 1050. The summed E-state index contributed by atoms with van der Waals surface area (Å²) >= 11 is 12.4. The molecule has 33 heavy (non-hydrogen) atoms. The van der Waals surface area contributed by atoms with Gasteiger partial charge in [-0.05, 0) is 19.1 Å². The Morgan fingerprint density at radius 2 is 1.85 bits per heavy atom.